The number of ether oxygens (including phenoxy) is 1. The molecule has 0 aliphatic heterocycles. The highest BCUT2D eigenvalue weighted by Gasteiger charge is 2.23. The maximum atomic E-state index is 9.70. The van der Waals surface area contributed by atoms with Gasteiger partial charge in [-0.2, -0.15) is 0 Å². The van der Waals surface area contributed by atoms with Gasteiger partial charge < -0.3 is 15.6 Å². The Hall–Kier alpha value is -0.640. The first-order valence-electron chi connectivity index (χ1n) is 4.18. The van der Waals surface area contributed by atoms with Crippen molar-refractivity contribution in [3.8, 4) is 0 Å². The molecular formula is C9H15NO2. The summed E-state index contributed by atoms with van der Waals surface area (Å²) in [4.78, 5) is 0. The Balaban J connectivity index is 2.29. The Kier molecular flexibility index (Phi) is 3.47. The van der Waals surface area contributed by atoms with E-state index in [1.807, 2.05) is 12.2 Å². The van der Waals surface area contributed by atoms with Crippen LogP contribution in [0.2, 0.25) is 0 Å². The van der Waals surface area contributed by atoms with Crippen molar-refractivity contribution in [1.82, 2.24) is 0 Å². The van der Waals surface area contributed by atoms with Crippen molar-refractivity contribution in [2.24, 2.45) is 5.73 Å². The topological polar surface area (TPSA) is 55.5 Å². The molecule has 0 aromatic heterocycles. The van der Waals surface area contributed by atoms with E-state index in [9.17, 15) is 5.11 Å². The van der Waals surface area contributed by atoms with Crippen LogP contribution in [0.3, 0.4) is 0 Å². The zero-order chi connectivity index (χ0) is 8.86. The molecule has 0 spiro atoms. The van der Waals surface area contributed by atoms with Crippen LogP contribution in [0.5, 0.6) is 0 Å². The fraction of sp³-hybridized carbons (Fsp3) is 0.556. The minimum atomic E-state index is -1.09. The Labute approximate surface area is 72.5 Å². The van der Waals surface area contributed by atoms with Gasteiger partial charge in [0, 0.05) is 6.42 Å². The van der Waals surface area contributed by atoms with E-state index < -0.39 is 5.79 Å². The normalized spacial score (nSPS) is 27.8. The van der Waals surface area contributed by atoms with Crippen LogP contribution in [0.1, 0.15) is 12.8 Å². The second kappa shape index (κ2) is 4.40. The maximum absolute atomic E-state index is 9.70. The summed E-state index contributed by atoms with van der Waals surface area (Å²) >= 11 is 0. The van der Waals surface area contributed by atoms with Gasteiger partial charge in [-0.3, -0.25) is 0 Å². The Bertz CT molecular complexity index is 189. The molecule has 3 N–H and O–H groups in total. The molecular weight excluding hydrogens is 154 g/mol. The number of hydrogen-bond donors (Lipinski definition) is 2. The average Bonchev–Trinajstić information content (AvgIpc) is 2.06. The lowest BCUT2D eigenvalue weighted by atomic mass is 10.1. The average molecular weight is 169 g/mol. The molecule has 1 atom stereocenters. The summed E-state index contributed by atoms with van der Waals surface area (Å²) in [5.41, 5.74) is 5.29. The van der Waals surface area contributed by atoms with E-state index >= 15 is 0 Å². The summed E-state index contributed by atoms with van der Waals surface area (Å²) in [5, 5.41) is 9.70. The quantitative estimate of drug-likeness (QED) is 0.477. The zero-order valence-corrected chi connectivity index (χ0v) is 7.07. The third-order valence-corrected chi connectivity index (χ3v) is 1.71. The third-order valence-electron chi connectivity index (χ3n) is 1.71. The molecule has 12 heavy (non-hydrogen) atoms. The minimum absolute atomic E-state index is 0.505. The molecule has 3 heteroatoms. The first kappa shape index (κ1) is 9.45. The van der Waals surface area contributed by atoms with E-state index in [2.05, 4.69) is 0 Å². The number of allylic oxidation sites excluding steroid dienone is 2. The number of hydrogen-bond acceptors (Lipinski definition) is 3. The third kappa shape index (κ3) is 2.77. The summed E-state index contributed by atoms with van der Waals surface area (Å²) in [6.07, 6.45) is 8.51. The van der Waals surface area contributed by atoms with E-state index in [1.165, 1.54) is 0 Å². The summed E-state index contributed by atoms with van der Waals surface area (Å²) in [5.74, 6) is -1.09. The van der Waals surface area contributed by atoms with E-state index in [-0.39, 0.29) is 0 Å². The van der Waals surface area contributed by atoms with Crippen LogP contribution in [0, 0.1) is 0 Å². The van der Waals surface area contributed by atoms with Gasteiger partial charge in [0.25, 0.3) is 0 Å². The molecule has 0 aromatic carbocycles. The van der Waals surface area contributed by atoms with Gasteiger partial charge >= 0.3 is 0 Å². The molecule has 0 bridgehead atoms. The van der Waals surface area contributed by atoms with Crippen LogP contribution in [0.4, 0.5) is 0 Å². The van der Waals surface area contributed by atoms with Gasteiger partial charge in [-0.05, 0) is 19.0 Å². The van der Waals surface area contributed by atoms with Gasteiger partial charge in [-0.25, -0.2) is 0 Å². The van der Waals surface area contributed by atoms with Crippen molar-refractivity contribution < 1.29 is 9.84 Å². The minimum Gasteiger partial charge on any atom is -0.362 e. The van der Waals surface area contributed by atoms with Crippen LogP contribution in [-0.4, -0.2) is 24.0 Å². The first-order valence-corrected chi connectivity index (χ1v) is 4.18. The van der Waals surface area contributed by atoms with Gasteiger partial charge in [0.2, 0.25) is 0 Å². The highest BCUT2D eigenvalue weighted by Crippen LogP contribution is 2.18. The standard InChI is InChI=1S/C9H15NO2/c10-7-4-8-12-9(11)5-2-1-3-6-9/h1-3,5,11H,4,6-8,10H2. The van der Waals surface area contributed by atoms with Gasteiger partial charge in [-0.1, -0.05) is 18.2 Å². The number of aliphatic hydroxyl groups is 1. The largest absolute Gasteiger partial charge is 0.362 e. The van der Waals surface area contributed by atoms with Crippen LogP contribution in [-0.2, 0) is 4.74 Å². The molecule has 1 aliphatic carbocycles. The van der Waals surface area contributed by atoms with Crippen LogP contribution in [0.15, 0.2) is 24.3 Å². The molecule has 1 unspecified atom stereocenters. The van der Waals surface area contributed by atoms with Crippen molar-refractivity contribution >= 4 is 0 Å². The van der Waals surface area contributed by atoms with Gasteiger partial charge in [0.05, 0.1) is 6.61 Å². The molecule has 0 aromatic rings. The molecule has 68 valence electrons. The van der Waals surface area contributed by atoms with Crippen LogP contribution < -0.4 is 5.73 Å². The molecule has 0 fully saturated rings. The van der Waals surface area contributed by atoms with Gasteiger partial charge in [0.15, 0.2) is 5.79 Å². The SMILES string of the molecule is NCCCOC1(O)C=CC=CC1. The van der Waals surface area contributed by atoms with Crippen LogP contribution in [0.25, 0.3) is 0 Å². The van der Waals surface area contributed by atoms with Crippen molar-refractivity contribution in [2.75, 3.05) is 13.2 Å². The highest BCUT2D eigenvalue weighted by molar-refractivity contribution is 5.14. The van der Waals surface area contributed by atoms with Gasteiger partial charge in [0.1, 0.15) is 0 Å². The Morgan fingerprint density at radius 2 is 2.33 bits per heavy atom. The fourth-order valence-electron chi connectivity index (χ4n) is 1.03. The lowest BCUT2D eigenvalue weighted by Gasteiger charge is -2.24. The molecule has 0 heterocycles. The maximum Gasteiger partial charge on any atom is 0.189 e. The van der Waals surface area contributed by atoms with Crippen molar-refractivity contribution in [1.29, 1.82) is 0 Å². The van der Waals surface area contributed by atoms with E-state index in [0.717, 1.165) is 6.42 Å². The smallest absolute Gasteiger partial charge is 0.189 e. The van der Waals surface area contributed by atoms with E-state index in [4.69, 9.17) is 10.5 Å². The molecule has 1 rings (SSSR count). The second-order valence-corrected chi connectivity index (χ2v) is 2.83. The highest BCUT2D eigenvalue weighted by atomic mass is 16.6. The van der Waals surface area contributed by atoms with E-state index in [0.29, 0.717) is 19.6 Å². The van der Waals surface area contributed by atoms with Crippen molar-refractivity contribution in [2.45, 2.75) is 18.6 Å². The lowest BCUT2D eigenvalue weighted by molar-refractivity contribution is -0.164. The Morgan fingerprint density at radius 1 is 1.50 bits per heavy atom. The number of rotatable bonds is 4. The van der Waals surface area contributed by atoms with E-state index in [1.54, 1.807) is 12.2 Å². The molecule has 0 amide bonds. The van der Waals surface area contributed by atoms with Crippen LogP contribution >= 0.6 is 0 Å². The van der Waals surface area contributed by atoms with Crippen molar-refractivity contribution in [3.05, 3.63) is 24.3 Å². The predicted octanol–water partition coefficient (Wildman–Crippen LogP) is 0.556. The predicted molar refractivity (Wildman–Crippen MR) is 47.5 cm³/mol. The van der Waals surface area contributed by atoms with Crippen molar-refractivity contribution in [3.63, 3.8) is 0 Å². The molecule has 1 aliphatic rings. The monoisotopic (exact) mass is 169 g/mol. The summed E-state index contributed by atoms with van der Waals surface area (Å²) in [6.45, 7) is 1.10. The summed E-state index contributed by atoms with van der Waals surface area (Å²) < 4.78 is 5.25. The lowest BCUT2D eigenvalue weighted by Crippen LogP contribution is -2.31. The summed E-state index contributed by atoms with van der Waals surface area (Å²) in [7, 11) is 0. The molecule has 0 radical (unpaired) electrons. The van der Waals surface area contributed by atoms with Gasteiger partial charge in [-0.15, -0.1) is 0 Å². The molecule has 3 nitrogen and oxygen atoms in total. The Morgan fingerprint density at radius 3 is 2.92 bits per heavy atom. The summed E-state index contributed by atoms with van der Waals surface area (Å²) in [6, 6.07) is 0. The first-order chi connectivity index (χ1) is 5.77. The molecule has 0 saturated heterocycles. The fourth-order valence-corrected chi connectivity index (χ4v) is 1.03. The molecule has 0 saturated carbocycles. The number of nitrogens with two attached hydrogens (primary N) is 1. The second-order valence-electron chi connectivity index (χ2n) is 2.83. The zero-order valence-electron chi connectivity index (χ0n) is 7.07.